The van der Waals surface area contributed by atoms with Crippen molar-refractivity contribution >= 4 is 22.7 Å². The molecular formula is C18H19N7O. The van der Waals surface area contributed by atoms with E-state index in [1.807, 2.05) is 11.6 Å². The van der Waals surface area contributed by atoms with Gasteiger partial charge in [0.25, 0.3) is 5.56 Å². The molecule has 0 spiro atoms. The van der Waals surface area contributed by atoms with Crippen LogP contribution in [0, 0.1) is 20.8 Å². The van der Waals surface area contributed by atoms with Gasteiger partial charge in [0.1, 0.15) is 5.39 Å². The molecule has 8 heteroatoms. The van der Waals surface area contributed by atoms with Crippen molar-refractivity contribution in [2.24, 2.45) is 7.05 Å². The van der Waals surface area contributed by atoms with Crippen LogP contribution in [-0.4, -0.2) is 29.5 Å². The van der Waals surface area contributed by atoms with Gasteiger partial charge in [-0.2, -0.15) is 15.2 Å². The lowest BCUT2D eigenvalue weighted by Crippen LogP contribution is -2.11. The maximum Gasteiger partial charge on any atom is 0.263 e. The number of hydrogen-bond donors (Lipinski definition) is 2. The Bertz CT molecular complexity index is 1180. The van der Waals surface area contributed by atoms with E-state index in [1.165, 1.54) is 11.8 Å². The van der Waals surface area contributed by atoms with Gasteiger partial charge >= 0.3 is 0 Å². The Morgan fingerprint density at radius 1 is 1.12 bits per heavy atom. The number of aromatic nitrogens is 6. The second-order valence-electron chi connectivity index (χ2n) is 6.39. The molecule has 8 nitrogen and oxygen atoms in total. The molecule has 0 aliphatic heterocycles. The summed E-state index contributed by atoms with van der Waals surface area (Å²) in [6, 6.07) is 6.25. The molecule has 3 heterocycles. The van der Waals surface area contributed by atoms with Crippen molar-refractivity contribution in [3.63, 3.8) is 0 Å². The maximum absolute atomic E-state index is 12.2. The number of aryl methyl sites for hydroxylation is 3. The molecule has 26 heavy (non-hydrogen) atoms. The maximum atomic E-state index is 12.2. The van der Waals surface area contributed by atoms with Gasteiger partial charge in [0.15, 0.2) is 5.65 Å². The fourth-order valence-electron chi connectivity index (χ4n) is 2.94. The average Bonchev–Trinajstić information content (AvgIpc) is 3.15. The second-order valence-corrected chi connectivity index (χ2v) is 6.39. The lowest BCUT2D eigenvalue weighted by atomic mass is 10.1. The Morgan fingerprint density at radius 3 is 2.73 bits per heavy atom. The molecule has 4 rings (SSSR count). The summed E-state index contributed by atoms with van der Waals surface area (Å²) in [5, 5.41) is 12.2. The molecule has 3 aromatic heterocycles. The quantitative estimate of drug-likeness (QED) is 0.593. The number of hydrogen-bond acceptors (Lipinski definition) is 5. The molecule has 0 atom stereocenters. The van der Waals surface area contributed by atoms with Crippen molar-refractivity contribution in [2.75, 3.05) is 5.32 Å². The Labute approximate surface area is 149 Å². The highest BCUT2D eigenvalue weighted by molar-refractivity contribution is 5.75. The van der Waals surface area contributed by atoms with E-state index in [-0.39, 0.29) is 5.56 Å². The zero-order valence-corrected chi connectivity index (χ0v) is 15.0. The Morgan fingerprint density at radius 2 is 1.92 bits per heavy atom. The van der Waals surface area contributed by atoms with Gasteiger partial charge in [-0.25, -0.2) is 4.68 Å². The predicted molar refractivity (Wildman–Crippen MR) is 100 cm³/mol. The molecular weight excluding hydrogens is 330 g/mol. The fourth-order valence-corrected chi connectivity index (χ4v) is 2.94. The Hall–Kier alpha value is -3.42. The molecule has 0 saturated heterocycles. The lowest BCUT2D eigenvalue weighted by Gasteiger charge is -2.10. The van der Waals surface area contributed by atoms with Crippen LogP contribution in [-0.2, 0) is 7.05 Å². The van der Waals surface area contributed by atoms with E-state index in [4.69, 9.17) is 0 Å². The number of nitrogens with zero attached hydrogens (tertiary/aromatic N) is 5. The van der Waals surface area contributed by atoms with Crippen molar-refractivity contribution in [2.45, 2.75) is 20.8 Å². The standard InChI is InChI=1S/C18H19N7O/c1-10-5-6-11(2)15(7-10)25-12(3)14(9-20-25)21-18-22-16-13(17(26)23-18)8-19-24(16)4/h5-9H,1-4H3,(H2,21,22,23,26). The fraction of sp³-hybridized carbons (Fsp3) is 0.222. The van der Waals surface area contributed by atoms with Crippen LogP contribution >= 0.6 is 0 Å². The summed E-state index contributed by atoms with van der Waals surface area (Å²) < 4.78 is 3.45. The number of anilines is 2. The minimum absolute atomic E-state index is 0.231. The van der Waals surface area contributed by atoms with E-state index in [0.717, 1.165) is 22.6 Å². The minimum atomic E-state index is -0.231. The number of nitrogens with one attached hydrogen (secondary N) is 2. The molecule has 0 radical (unpaired) electrons. The highest BCUT2D eigenvalue weighted by Crippen LogP contribution is 2.23. The van der Waals surface area contributed by atoms with Crippen LogP contribution < -0.4 is 10.9 Å². The number of fused-ring (bicyclic) bond motifs is 1. The van der Waals surface area contributed by atoms with Crippen LogP contribution in [0.2, 0.25) is 0 Å². The first-order valence-electron chi connectivity index (χ1n) is 8.25. The molecule has 0 aliphatic carbocycles. The molecule has 132 valence electrons. The van der Waals surface area contributed by atoms with Crippen LogP contribution in [0.15, 0.2) is 35.4 Å². The number of aromatic amines is 1. The van der Waals surface area contributed by atoms with Crippen molar-refractivity contribution in [1.29, 1.82) is 0 Å². The SMILES string of the molecule is Cc1ccc(C)c(-n2ncc(Nc3nc4c(cnn4C)c(=O)[nH]3)c2C)c1. The van der Waals surface area contributed by atoms with E-state index in [2.05, 4.69) is 57.5 Å². The number of benzene rings is 1. The zero-order valence-electron chi connectivity index (χ0n) is 15.0. The molecule has 4 aromatic rings. The molecule has 0 aliphatic rings. The Balaban J connectivity index is 1.74. The van der Waals surface area contributed by atoms with Crippen molar-refractivity contribution in [3.05, 3.63) is 57.8 Å². The number of rotatable bonds is 3. The van der Waals surface area contributed by atoms with E-state index in [0.29, 0.717) is 17.0 Å². The average molecular weight is 349 g/mol. The molecule has 0 bridgehead atoms. The summed E-state index contributed by atoms with van der Waals surface area (Å²) >= 11 is 0. The molecule has 0 fully saturated rings. The first-order valence-corrected chi connectivity index (χ1v) is 8.25. The molecule has 2 N–H and O–H groups in total. The summed E-state index contributed by atoms with van der Waals surface area (Å²) in [5.74, 6) is 0.356. The zero-order chi connectivity index (χ0) is 18.4. The van der Waals surface area contributed by atoms with Gasteiger partial charge in [0.05, 0.1) is 29.5 Å². The predicted octanol–water partition coefficient (Wildman–Crippen LogP) is 2.51. The van der Waals surface area contributed by atoms with E-state index in [9.17, 15) is 4.79 Å². The third kappa shape index (κ3) is 2.55. The van der Waals surface area contributed by atoms with Gasteiger partial charge in [0, 0.05) is 7.05 Å². The molecule has 0 saturated carbocycles. The molecule has 0 amide bonds. The smallest absolute Gasteiger partial charge is 0.263 e. The molecule has 0 unspecified atom stereocenters. The van der Waals surface area contributed by atoms with Crippen LogP contribution in [0.4, 0.5) is 11.6 Å². The van der Waals surface area contributed by atoms with Gasteiger partial charge in [-0.15, -0.1) is 0 Å². The van der Waals surface area contributed by atoms with Crippen LogP contribution in [0.1, 0.15) is 16.8 Å². The van der Waals surface area contributed by atoms with Gasteiger partial charge in [-0.05, 0) is 38.0 Å². The highest BCUT2D eigenvalue weighted by Gasteiger charge is 2.13. The van der Waals surface area contributed by atoms with Gasteiger partial charge in [0.2, 0.25) is 5.95 Å². The monoisotopic (exact) mass is 349 g/mol. The summed E-state index contributed by atoms with van der Waals surface area (Å²) in [6.07, 6.45) is 3.24. The van der Waals surface area contributed by atoms with Crippen molar-refractivity contribution < 1.29 is 0 Å². The number of H-pyrrole nitrogens is 1. The van der Waals surface area contributed by atoms with Crippen molar-refractivity contribution in [1.82, 2.24) is 29.5 Å². The Kier molecular flexibility index (Phi) is 3.61. The van der Waals surface area contributed by atoms with Crippen LogP contribution in [0.25, 0.3) is 16.7 Å². The van der Waals surface area contributed by atoms with Crippen molar-refractivity contribution in [3.8, 4) is 5.69 Å². The first-order chi connectivity index (χ1) is 12.4. The van der Waals surface area contributed by atoms with Crippen LogP contribution in [0.3, 0.4) is 0 Å². The highest BCUT2D eigenvalue weighted by atomic mass is 16.1. The van der Waals surface area contributed by atoms with Crippen LogP contribution in [0.5, 0.6) is 0 Å². The van der Waals surface area contributed by atoms with E-state index < -0.39 is 0 Å². The van der Waals surface area contributed by atoms with Gasteiger partial charge in [-0.1, -0.05) is 12.1 Å². The third-order valence-electron chi connectivity index (χ3n) is 4.46. The third-order valence-corrected chi connectivity index (χ3v) is 4.46. The summed E-state index contributed by atoms with van der Waals surface area (Å²) in [5.41, 5.74) is 5.32. The first kappa shape index (κ1) is 16.1. The summed E-state index contributed by atoms with van der Waals surface area (Å²) in [7, 11) is 1.75. The van der Waals surface area contributed by atoms with E-state index in [1.54, 1.807) is 17.9 Å². The normalized spacial score (nSPS) is 11.2. The second kappa shape index (κ2) is 5.83. The summed E-state index contributed by atoms with van der Waals surface area (Å²) in [4.78, 5) is 19.4. The minimum Gasteiger partial charge on any atom is -0.323 e. The van der Waals surface area contributed by atoms with Gasteiger partial charge in [-0.3, -0.25) is 14.5 Å². The molecule has 1 aromatic carbocycles. The lowest BCUT2D eigenvalue weighted by molar-refractivity contribution is 0.785. The van der Waals surface area contributed by atoms with Gasteiger partial charge < -0.3 is 5.32 Å². The van der Waals surface area contributed by atoms with E-state index >= 15 is 0 Å². The summed E-state index contributed by atoms with van der Waals surface area (Å²) in [6.45, 7) is 6.08. The largest absolute Gasteiger partial charge is 0.323 e. The topological polar surface area (TPSA) is 93.4 Å².